The Morgan fingerprint density at radius 3 is 2.88 bits per heavy atom. The van der Waals surface area contributed by atoms with Crippen molar-refractivity contribution in [2.45, 2.75) is 44.9 Å². The number of carbonyl (C=O) groups is 2. The highest BCUT2D eigenvalue weighted by molar-refractivity contribution is 5.98. The van der Waals surface area contributed by atoms with Gasteiger partial charge >= 0.3 is 0 Å². The molecule has 2 heteroatoms. The topological polar surface area (TPSA) is 34.1 Å². The number of Topliss-reactive ketones (excluding diaryl/α,β-unsaturated/α-hetero) is 2. The number of ketones is 2. The van der Waals surface area contributed by atoms with Crippen molar-refractivity contribution in [3.05, 3.63) is 35.4 Å². The molecule has 2 nitrogen and oxygen atoms in total. The van der Waals surface area contributed by atoms with E-state index < -0.39 is 0 Å². The van der Waals surface area contributed by atoms with Crippen LogP contribution < -0.4 is 0 Å². The molecule has 0 saturated carbocycles. The van der Waals surface area contributed by atoms with Gasteiger partial charge in [0.1, 0.15) is 5.78 Å². The fourth-order valence-corrected chi connectivity index (χ4v) is 2.60. The molecular weight excluding hydrogens is 212 g/mol. The van der Waals surface area contributed by atoms with Gasteiger partial charge in [-0.05, 0) is 37.7 Å². The lowest BCUT2D eigenvalue weighted by Crippen LogP contribution is -2.15. The molecule has 2 rings (SSSR count). The molecular formula is C15H18O2. The van der Waals surface area contributed by atoms with Gasteiger partial charge in [0.25, 0.3) is 0 Å². The molecule has 1 aliphatic rings. The van der Waals surface area contributed by atoms with Gasteiger partial charge in [0.05, 0.1) is 0 Å². The monoisotopic (exact) mass is 230 g/mol. The van der Waals surface area contributed by atoms with Crippen molar-refractivity contribution in [1.29, 1.82) is 0 Å². The average Bonchev–Trinajstić information content (AvgIpc) is 2.32. The largest absolute Gasteiger partial charge is 0.300 e. The third-order valence-electron chi connectivity index (χ3n) is 3.50. The molecule has 0 fully saturated rings. The van der Waals surface area contributed by atoms with Crippen LogP contribution in [0.3, 0.4) is 0 Å². The Kier molecular flexibility index (Phi) is 3.72. The van der Waals surface area contributed by atoms with Crippen molar-refractivity contribution < 1.29 is 9.59 Å². The summed E-state index contributed by atoms with van der Waals surface area (Å²) < 4.78 is 0. The van der Waals surface area contributed by atoms with Crippen molar-refractivity contribution >= 4 is 11.6 Å². The van der Waals surface area contributed by atoms with Crippen LogP contribution in [0.5, 0.6) is 0 Å². The molecule has 0 aromatic heterocycles. The summed E-state index contributed by atoms with van der Waals surface area (Å²) in [6.07, 6.45) is 4.20. The van der Waals surface area contributed by atoms with Crippen LogP contribution in [0.2, 0.25) is 0 Å². The molecule has 17 heavy (non-hydrogen) atoms. The number of fused-ring (bicyclic) bond motifs is 1. The van der Waals surface area contributed by atoms with Gasteiger partial charge in [-0.3, -0.25) is 4.79 Å². The van der Waals surface area contributed by atoms with Crippen LogP contribution >= 0.6 is 0 Å². The SMILES string of the molecule is CC(=O)CCCC1CCC(=O)c2ccccc21. The molecule has 1 unspecified atom stereocenters. The van der Waals surface area contributed by atoms with Gasteiger partial charge in [-0.25, -0.2) is 0 Å². The second-order valence-corrected chi connectivity index (χ2v) is 4.84. The fraction of sp³-hybridized carbons (Fsp3) is 0.467. The van der Waals surface area contributed by atoms with Gasteiger partial charge in [0.15, 0.2) is 5.78 Å². The van der Waals surface area contributed by atoms with Crippen LogP contribution in [0, 0.1) is 0 Å². The highest BCUT2D eigenvalue weighted by Gasteiger charge is 2.24. The van der Waals surface area contributed by atoms with E-state index >= 15 is 0 Å². The zero-order valence-electron chi connectivity index (χ0n) is 10.2. The summed E-state index contributed by atoms with van der Waals surface area (Å²) in [4.78, 5) is 22.7. The lowest BCUT2D eigenvalue weighted by molar-refractivity contribution is -0.117. The number of rotatable bonds is 4. The first kappa shape index (κ1) is 12.0. The summed E-state index contributed by atoms with van der Waals surface area (Å²) >= 11 is 0. The lowest BCUT2D eigenvalue weighted by Gasteiger charge is -2.24. The summed E-state index contributed by atoms with van der Waals surface area (Å²) in [5.74, 6) is 0.983. The molecule has 0 N–H and O–H groups in total. The first-order chi connectivity index (χ1) is 8.18. The standard InChI is InChI=1S/C15H18O2/c1-11(16)5-4-6-12-9-10-15(17)14-8-3-2-7-13(12)14/h2-3,7-8,12H,4-6,9-10H2,1H3. The van der Waals surface area contributed by atoms with Gasteiger partial charge in [0, 0.05) is 18.4 Å². The Bertz CT molecular complexity index is 434. The van der Waals surface area contributed by atoms with Crippen molar-refractivity contribution in [2.24, 2.45) is 0 Å². The Hall–Kier alpha value is -1.44. The smallest absolute Gasteiger partial charge is 0.163 e. The maximum absolute atomic E-state index is 11.8. The van der Waals surface area contributed by atoms with Crippen LogP contribution in [0.15, 0.2) is 24.3 Å². The molecule has 0 aliphatic heterocycles. The summed E-state index contributed by atoms with van der Waals surface area (Å²) in [5, 5.41) is 0. The maximum Gasteiger partial charge on any atom is 0.163 e. The van der Waals surface area contributed by atoms with E-state index in [1.807, 2.05) is 18.2 Å². The third kappa shape index (κ3) is 2.82. The number of benzene rings is 1. The molecule has 0 heterocycles. The van der Waals surface area contributed by atoms with E-state index in [1.54, 1.807) is 6.92 Å². The van der Waals surface area contributed by atoms with Crippen molar-refractivity contribution in [3.63, 3.8) is 0 Å². The molecule has 0 bridgehead atoms. The van der Waals surface area contributed by atoms with E-state index in [4.69, 9.17) is 0 Å². The first-order valence-electron chi connectivity index (χ1n) is 6.30. The van der Waals surface area contributed by atoms with Crippen LogP contribution in [0.1, 0.15) is 60.9 Å². The summed E-state index contributed by atoms with van der Waals surface area (Å²) in [6.45, 7) is 1.64. The first-order valence-corrected chi connectivity index (χ1v) is 6.30. The van der Waals surface area contributed by atoms with Gasteiger partial charge in [0.2, 0.25) is 0 Å². The van der Waals surface area contributed by atoms with Crippen LogP contribution in [0.25, 0.3) is 0 Å². The van der Waals surface area contributed by atoms with E-state index in [9.17, 15) is 9.59 Å². The second-order valence-electron chi connectivity index (χ2n) is 4.84. The zero-order chi connectivity index (χ0) is 12.3. The van der Waals surface area contributed by atoms with Gasteiger partial charge in [-0.2, -0.15) is 0 Å². The molecule has 0 radical (unpaired) electrons. The summed E-state index contributed by atoms with van der Waals surface area (Å²) in [5.41, 5.74) is 2.08. The zero-order valence-corrected chi connectivity index (χ0v) is 10.2. The highest BCUT2D eigenvalue weighted by Crippen LogP contribution is 2.34. The summed E-state index contributed by atoms with van der Waals surface area (Å²) in [6, 6.07) is 7.91. The predicted molar refractivity (Wildman–Crippen MR) is 67.3 cm³/mol. The Morgan fingerprint density at radius 2 is 2.12 bits per heavy atom. The van der Waals surface area contributed by atoms with Gasteiger partial charge in [-0.15, -0.1) is 0 Å². The number of hydrogen-bond acceptors (Lipinski definition) is 2. The van der Waals surface area contributed by atoms with Gasteiger partial charge < -0.3 is 4.79 Å². The summed E-state index contributed by atoms with van der Waals surface area (Å²) in [7, 11) is 0. The van der Waals surface area contributed by atoms with Gasteiger partial charge in [-0.1, -0.05) is 24.3 Å². The average molecular weight is 230 g/mol. The van der Waals surface area contributed by atoms with Crippen LogP contribution in [-0.2, 0) is 4.79 Å². The van der Waals surface area contributed by atoms with Crippen LogP contribution in [0.4, 0.5) is 0 Å². The Morgan fingerprint density at radius 1 is 1.35 bits per heavy atom. The minimum Gasteiger partial charge on any atom is -0.300 e. The Balaban J connectivity index is 2.08. The molecule has 90 valence electrons. The van der Waals surface area contributed by atoms with Crippen molar-refractivity contribution in [3.8, 4) is 0 Å². The second kappa shape index (κ2) is 5.26. The van der Waals surface area contributed by atoms with Crippen molar-refractivity contribution in [1.82, 2.24) is 0 Å². The van der Waals surface area contributed by atoms with E-state index in [-0.39, 0.29) is 11.6 Å². The molecule has 1 aliphatic carbocycles. The normalized spacial score (nSPS) is 18.9. The molecule has 0 spiro atoms. The molecule has 0 amide bonds. The number of hydrogen-bond donors (Lipinski definition) is 0. The molecule has 1 atom stereocenters. The quantitative estimate of drug-likeness (QED) is 0.793. The maximum atomic E-state index is 11.8. The van der Waals surface area contributed by atoms with E-state index in [1.165, 1.54) is 5.56 Å². The molecule has 1 aromatic rings. The highest BCUT2D eigenvalue weighted by atomic mass is 16.1. The van der Waals surface area contributed by atoms with E-state index in [2.05, 4.69) is 6.07 Å². The lowest BCUT2D eigenvalue weighted by atomic mass is 9.79. The molecule has 0 saturated heterocycles. The minimum atomic E-state index is 0.255. The molecule has 1 aromatic carbocycles. The van der Waals surface area contributed by atoms with E-state index in [0.29, 0.717) is 18.8 Å². The number of carbonyl (C=O) groups excluding carboxylic acids is 2. The minimum absolute atomic E-state index is 0.255. The Labute approximate surface area is 102 Å². The third-order valence-corrected chi connectivity index (χ3v) is 3.50. The van der Waals surface area contributed by atoms with Crippen LogP contribution in [-0.4, -0.2) is 11.6 Å². The fourth-order valence-electron chi connectivity index (χ4n) is 2.60. The van der Waals surface area contributed by atoms with Crippen molar-refractivity contribution in [2.75, 3.05) is 0 Å². The predicted octanol–water partition coefficient (Wildman–Crippen LogP) is 3.51. The van der Waals surface area contributed by atoms with E-state index in [0.717, 1.165) is 24.8 Å².